The Morgan fingerprint density at radius 1 is 1.48 bits per heavy atom. The molecule has 0 saturated carbocycles. The van der Waals surface area contributed by atoms with Crippen LogP contribution in [0.25, 0.3) is 11.0 Å². The molecule has 1 atom stereocenters. The van der Waals surface area contributed by atoms with Gasteiger partial charge in [-0.1, -0.05) is 12.6 Å². The monoisotopic (exact) mass is 347 g/mol. The molecule has 23 heavy (non-hydrogen) atoms. The summed E-state index contributed by atoms with van der Waals surface area (Å²) in [5.74, 6) is 0.171. The van der Waals surface area contributed by atoms with Gasteiger partial charge in [0.15, 0.2) is 0 Å². The summed E-state index contributed by atoms with van der Waals surface area (Å²) in [7, 11) is -1.53. The van der Waals surface area contributed by atoms with Crippen LogP contribution >= 0.6 is 11.3 Å². The molecule has 3 rings (SSSR count). The fourth-order valence-corrected chi connectivity index (χ4v) is 3.90. The number of imidazole rings is 1. The van der Waals surface area contributed by atoms with Crippen LogP contribution in [0.15, 0.2) is 47.1 Å². The summed E-state index contributed by atoms with van der Waals surface area (Å²) in [6, 6.07) is 3.71. The number of thiophene rings is 1. The van der Waals surface area contributed by atoms with Gasteiger partial charge >= 0.3 is 6.09 Å². The van der Waals surface area contributed by atoms with Crippen molar-refractivity contribution in [2.24, 2.45) is 0 Å². The zero-order valence-corrected chi connectivity index (χ0v) is 13.9. The van der Waals surface area contributed by atoms with E-state index in [-0.39, 0.29) is 10.9 Å². The maximum atomic E-state index is 12.7. The van der Waals surface area contributed by atoms with Crippen LogP contribution in [0.1, 0.15) is 11.3 Å². The fourth-order valence-electron chi connectivity index (χ4n) is 2.03. The lowest BCUT2D eigenvalue weighted by atomic mass is 10.3. The fraction of sp³-hybridized carbons (Fsp3) is 0.133. The number of ether oxygens (including phenoxy) is 1. The highest BCUT2D eigenvalue weighted by Crippen LogP contribution is 2.23. The van der Waals surface area contributed by atoms with E-state index in [0.717, 1.165) is 11.8 Å². The molecule has 1 unspecified atom stereocenters. The van der Waals surface area contributed by atoms with Gasteiger partial charge in [-0.05, 0) is 18.6 Å². The standard InChI is InChI=1S/C15H13N3O3S2/c1-3-21-15(19)18-13-8-22-7-12(13)17-14(18)23(20)9-11-5-4-10(2)6-16-11/h3-8H,1,9H2,2H3. The van der Waals surface area contributed by atoms with Crippen molar-refractivity contribution >= 4 is 39.3 Å². The van der Waals surface area contributed by atoms with Gasteiger partial charge in [0.2, 0.25) is 5.16 Å². The topological polar surface area (TPSA) is 74.1 Å². The van der Waals surface area contributed by atoms with Gasteiger partial charge in [0.05, 0.1) is 34.0 Å². The second-order valence-corrected chi connectivity index (χ2v) is 6.83. The normalized spacial score (nSPS) is 12.2. The van der Waals surface area contributed by atoms with Crippen molar-refractivity contribution in [3.05, 3.63) is 53.2 Å². The summed E-state index contributed by atoms with van der Waals surface area (Å²) < 4.78 is 18.7. The molecule has 0 bridgehead atoms. The van der Waals surface area contributed by atoms with Gasteiger partial charge in [0.1, 0.15) is 5.52 Å². The third kappa shape index (κ3) is 3.08. The largest absolute Gasteiger partial charge is 0.425 e. The lowest BCUT2D eigenvalue weighted by Crippen LogP contribution is -2.16. The molecule has 0 saturated heterocycles. The highest BCUT2D eigenvalue weighted by molar-refractivity contribution is 7.84. The van der Waals surface area contributed by atoms with Crippen LogP contribution in [0.2, 0.25) is 0 Å². The number of nitrogens with zero attached hydrogens (tertiary/aromatic N) is 3. The van der Waals surface area contributed by atoms with E-state index >= 15 is 0 Å². The Labute approximate surface area is 138 Å². The first-order valence-electron chi connectivity index (χ1n) is 6.66. The summed E-state index contributed by atoms with van der Waals surface area (Å²) in [5, 5.41) is 3.70. The van der Waals surface area contributed by atoms with Crippen molar-refractivity contribution in [2.75, 3.05) is 0 Å². The Balaban J connectivity index is 1.97. The number of carbonyl (C=O) groups excluding carboxylic acids is 1. The number of carbonyl (C=O) groups is 1. The minimum Gasteiger partial charge on any atom is -0.418 e. The molecule has 0 fully saturated rings. The van der Waals surface area contributed by atoms with Gasteiger partial charge in [-0.2, -0.15) is 0 Å². The minimum atomic E-state index is -1.53. The number of aryl methyl sites for hydroxylation is 1. The van der Waals surface area contributed by atoms with Crippen LogP contribution in [-0.4, -0.2) is 24.8 Å². The number of hydrogen-bond acceptors (Lipinski definition) is 6. The average molecular weight is 347 g/mol. The molecule has 0 aliphatic carbocycles. The molecule has 0 amide bonds. The van der Waals surface area contributed by atoms with E-state index in [1.165, 1.54) is 15.9 Å². The molecular weight excluding hydrogens is 334 g/mol. The maximum absolute atomic E-state index is 12.7. The molecule has 8 heteroatoms. The number of hydrogen-bond donors (Lipinski definition) is 0. The predicted molar refractivity (Wildman–Crippen MR) is 88.8 cm³/mol. The van der Waals surface area contributed by atoms with E-state index in [2.05, 4.69) is 16.5 Å². The lowest BCUT2D eigenvalue weighted by Gasteiger charge is -2.06. The Morgan fingerprint density at radius 2 is 2.30 bits per heavy atom. The van der Waals surface area contributed by atoms with E-state index in [9.17, 15) is 9.00 Å². The number of rotatable bonds is 4. The molecule has 0 radical (unpaired) electrons. The van der Waals surface area contributed by atoms with E-state index < -0.39 is 16.9 Å². The Bertz CT molecular complexity index is 896. The van der Waals surface area contributed by atoms with Crippen LogP contribution in [0.3, 0.4) is 0 Å². The zero-order chi connectivity index (χ0) is 16.4. The maximum Gasteiger partial charge on any atom is 0.425 e. The SMILES string of the molecule is C=COC(=O)n1c(S(=O)Cc2ccc(C)cn2)nc2cscc21. The first kappa shape index (κ1) is 15.6. The molecule has 118 valence electrons. The lowest BCUT2D eigenvalue weighted by molar-refractivity contribution is 0.186. The Morgan fingerprint density at radius 3 is 3.00 bits per heavy atom. The van der Waals surface area contributed by atoms with Crippen molar-refractivity contribution < 1.29 is 13.7 Å². The zero-order valence-electron chi connectivity index (χ0n) is 12.3. The molecule has 3 aromatic heterocycles. The summed E-state index contributed by atoms with van der Waals surface area (Å²) in [5.41, 5.74) is 2.87. The van der Waals surface area contributed by atoms with Gasteiger partial charge < -0.3 is 4.74 Å². The van der Waals surface area contributed by atoms with Gasteiger partial charge in [-0.25, -0.2) is 14.3 Å². The number of aromatic nitrogens is 3. The highest BCUT2D eigenvalue weighted by Gasteiger charge is 2.23. The van der Waals surface area contributed by atoms with E-state index in [1.807, 2.05) is 19.1 Å². The van der Waals surface area contributed by atoms with Gasteiger partial charge in [0.25, 0.3) is 0 Å². The van der Waals surface area contributed by atoms with Crippen LogP contribution < -0.4 is 0 Å². The second kappa shape index (κ2) is 6.43. The number of fused-ring (bicyclic) bond motifs is 1. The molecule has 0 aliphatic rings. The Hall–Kier alpha value is -2.32. The first-order chi connectivity index (χ1) is 11.1. The van der Waals surface area contributed by atoms with E-state index in [4.69, 9.17) is 4.74 Å². The van der Waals surface area contributed by atoms with Crippen LogP contribution in [0.4, 0.5) is 4.79 Å². The third-order valence-corrected chi connectivity index (χ3v) is 5.05. The molecule has 3 aromatic rings. The Kier molecular flexibility index (Phi) is 4.35. The summed E-state index contributed by atoms with van der Waals surface area (Å²) in [6.45, 7) is 5.30. The van der Waals surface area contributed by atoms with Crippen molar-refractivity contribution in [1.82, 2.24) is 14.5 Å². The van der Waals surface area contributed by atoms with Crippen LogP contribution in [-0.2, 0) is 21.3 Å². The first-order valence-corrected chi connectivity index (χ1v) is 8.92. The smallest absolute Gasteiger partial charge is 0.418 e. The second-order valence-electron chi connectivity index (χ2n) is 4.74. The predicted octanol–water partition coefficient (Wildman–Crippen LogP) is 3.24. The van der Waals surface area contributed by atoms with E-state index in [0.29, 0.717) is 16.7 Å². The molecule has 6 nitrogen and oxygen atoms in total. The third-order valence-electron chi connectivity index (χ3n) is 3.09. The van der Waals surface area contributed by atoms with E-state index in [1.54, 1.807) is 17.0 Å². The number of pyridine rings is 1. The van der Waals surface area contributed by atoms with Gasteiger partial charge in [0, 0.05) is 17.0 Å². The summed E-state index contributed by atoms with van der Waals surface area (Å²) in [6.07, 6.45) is 2.07. The van der Waals surface area contributed by atoms with Crippen molar-refractivity contribution in [3.63, 3.8) is 0 Å². The van der Waals surface area contributed by atoms with Crippen LogP contribution in [0.5, 0.6) is 0 Å². The van der Waals surface area contributed by atoms with Crippen molar-refractivity contribution in [3.8, 4) is 0 Å². The molecule has 0 spiro atoms. The molecule has 3 heterocycles. The van der Waals surface area contributed by atoms with Crippen LogP contribution in [0, 0.1) is 6.92 Å². The molecule has 0 N–H and O–H groups in total. The molecule has 0 aromatic carbocycles. The van der Waals surface area contributed by atoms with Gasteiger partial charge in [-0.3, -0.25) is 9.19 Å². The summed E-state index contributed by atoms with van der Waals surface area (Å²) >= 11 is 1.41. The van der Waals surface area contributed by atoms with Crippen molar-refractivity contribution in [1.29, 1.82) is 0 Å². The molecule has 0 aliphatic heterocycles. The minimum absolute atomic E-state index is 0.150. The highest BCUT2D eigenvalue weighted by atomic mass is 32.2. The quantitative estimate of drug-likeness (QED) is 0.677. The average Bonchev–Trinajstić information content (AvgIpc) is 3.10. The van der Waals surface area contributed by atoms with Crippen molar-refractivity contribution in [2.45, 2.75) is 17.8 Å². The molecular formula is C15H13N3O3S2. The summed E-state index contributed by atoms with van der Waals surface area (Å²) in [4.78, 5) is 20.7. The van der Waals surface area contributed by atoms with Gasteiger partial charge in [-0.15, -0.1) is 11.3 Å².